The van der Waals surface area contributed by atoms with Crippen molar-refractivity contribution in [1.82, 2.24) is 15.2 Å². The number of aromatic nitrogens is 1. The number of benzene rings is 2. The van der Waals surface area contributed by atoms with Crippen molar-refractivity contribution in [2.24, 2.45) is 0 Å². The molecule has 1 atom stereocenters. The molecule has 0 saturated heterocycles. The standard InChI is InChI=1S/C45H58ClN3O8S2Si/c1-44(2,3)60(6,7)57-37(33-17-19-35(50)42-34(33)18-20-40(51)48-42)28-47-27-29-25-32(54-5)26-36(41(29)46)55-22-10-21-49(4)30-13-15-31(16-14-30)56-45(43(52)53,38-11-8-23-58-38)39-12-9-24-59-39/h8-9,11-12,17-20,23-26,30-31,37,47,50H,10,13-16,21-22,27-28H2,1-7H3,(H,48,51)(H,52,53)/t30?,31?,37-/m0/s1. The Hall–Kier alpha value is -3.73. The van der Waals surface area contributed by atoms with E-state index in [9.17, 15) is 19.8 Å². The number of phenolic OH excluding ortho intramolecular Hbond substituents is 1. The second kappa shape index (κ2) is 19.5. The molecule has 0 bridgehead atoms. The zero-order valence-electron chi connectivity index (χ0n) is 35.5. The van der Waals surface area contributed by atoms with E-state index in [4.69, 9.17) is 30.2 Å². The third-order valence-electron chi connectivity index (χ3n) is 12.0. The lowest BCUT2D eigenvalue weighted by Crippen LogP contribution is -2.44. The van der Waals surface area contributed by atoms with Gasteiger partial charge in [-0.1, -0.05) is 50.6 Å². The highest BCUT2D eigenvalue weighted by molar-refractivity contribution is 7.12. The number of thiophene rings is 2. The van der Waals surface area contributed by atoms with Crippen molar-refractivity contribution >= 4 is 59.5 Å². The second-order valence-corrected chi connectivity index (χ2v) is 24.1. The Morgan fingerprint density at radius 3 is 2.32 bits per heavy atom. The summed E-state index contributed by atoms with van der Waals surface area (Å²) in [6.07, 6.45) is 3.63. The van der Waals surface area contributed by atoms with Gasteiger partial charge in [0.25, 0.3) is 0 Å². The molecule has 4 N–H and O–H groups in total. The summed E-state index contributed by atoms with van der Waals surface area (Å²) in [7, 11) is 1.49. The summed E-state index contributed by atoms with van der Waals surface area (Å²) in [5.41, 5.74) is 0.288. The second-order valence-electron chi connectivity index (χ2n) is 17.1. The normalized spacial score (nSPS) is 16.9. The number of methoxy groups -OCH3 is 1. The topological polar surface area (TPSA) is 143 Å². The number of aromatic amines is 1. The van der Waals surface area contributed by atoms with Crippen LogP contribution >= 0.6 is 34.3 Å². The first-order chi connectivity index (χ1) is 28.5. The molecule has 11 nitrogen and oxygen atoms in total. The minimum atomic E-state index is -2.27. The maximum Gasteiger partial charge on any atom is 0.347 e. The van der Waals surface area contributed by atoms with E-state index in [1.807, 2.05) is 53.2 Å². The number of aliphatic carboxylic acids is 1. The number of nitrogens with one attached hydrogen (secondary N) is 2. The van der Waals surface area contributed by atoms with Gasteiger partial charge in [0, 0.05) is 43.2 Å². The smallest absolute Gasteiger partial charge is 0.347 e. The summed E-state index contributed by atoms with van der Waals surface area (Å²) in [6.45, 7) is 13.1. The number of ether oxygens (including phenoxy) is 3. The lowest BCUT2D eigenvalue weighted by atomic mass is 9.90. The molecule has 0 radical (unpaired) electrons. The number of carboxylic acids is 1. The number of hydrogen-bond donors (Lipinski definition) is 4. The quantitative estimate of drug-likeness (QED) is 0.0468. The van der Waals surface area contributed by atoms with Crippen LogP contribution in [0.3, 0.4) is 0 Å². The molecular weight excluding hydrogens is 838 g/mol. The van der Waals surface area contributed by atoms with E-state index in [0.29, 0.717) is 57.5 Å². The fourth-order valence-electron chi connectivity index (χ4n) is 7.59. The largest absolute Gasteiger partial charge is 0.506 e. The number of phenols is 1. The molecule has 1 aliphatic carbocycles. The molecule has 6 rings (SSSR count). The summed E-state index contributed by atoms with van der Waals surface area (Å²) < 4.78 is 25.5. The number of carbonyl (C=O) groups is 1. The minimum Gasteiger partial charge on any atom is -0.506 e. The monoisotopic (exact) mass is 895 g/mol. The molecule has 3 heterocycles. The van der Waals surface area contributed by atoms with Crippen LogP contribution < -0.4 is 20.3 Å². The summed E-state index contributed by atoms with van der Waals surface area (Å²) in [4.78, 5) is 31.5. The molecule has 15 heteroatoms. The van der Waals surface area contributed by atoms with Crippen molar-refractivity contribution in [2.75, 3.05) is 33.9 Å². The highest BCUT2D eigenvalue weighted by Gasteiger charge is 2.48. The highest BCUT2D eigenvalue weighted by Crippen LogP contribution is 2.44. The van der Waals surface area contributed by atoms with Crippen molar-refractivity contribution in [3.8, 4) is 17.2 Å². The van der Waals surface area contributed by atoms with E-state index in [-0.39, 0.29) is 28.6 Å². The first kappa shape index (κ1) is 45.8. The number of hydrogen-bond acceptors (Lipinski definition) is 11. The van der Waals surface area contributed by atoms with Crippen molar-refractivity contribution in [2.45, 2.75) is 101 Å². The Balaban J connectivity index is 1.05. The fraction of sp³-hybridized carbons (Fsp3) is 0.467. The molecule has 0 amide bonds. The van der Waals surface area contributed by atoms with Gasteiger partial charge in [-0.2, -0.15) is 0 Å². The first-order valence-electron chi connectivity index (χ1n) is 20.5. The molecule has 2 aromatic carbocycles. The molecule has 0 spiro atoms. The number of pyridine rings is 1. The number of fused-ring (bicyclic) bond motifs is 1. The Morgan fingerprint density at radius 2 is 1.72 bits per heavy atom. The average molecular weight is 897 g/mol. The van der Waals surface area contributed by atoms with Gasteiger partial charge in [0.1, 0.15) is 17.2 Å². The molecule has 0 unspecified atom stereocenters. The number of H-pyrrole nitrogens is 1. The number of halogens is 1. The molecule has 3 aromatic heterocycles. The van der Waals surface area contributed by atoms with Gasteiger partial charge in [-0.05, 0) is 110 Å². The number of rotatable bonds is 19. The predicted molar refractivity (Wildman–Crippen MR) is 244 cm³/mol. The van der Waals surface area contributed by atoms with Crippen LogP contribution in [0.4, 0.5) is 0 Å². The van der Waals surface area contributed by atoms with Crippen molar-refractivity contribution in [1.29, 1.82) is 0 Å². The molecular formula is C45H58ClN3O8S2Si. The summed E-state index contributed by atoms with van der Waals surface area (Å²) >= 11 is 9.82. The van der Waals surface area contributed by atoms with Crippen LogP contribution in [-0.4, -0.2) is 80.4 Å². The van der Waals surface area contributed by atoms with Gasteiger partial charge in [-0.3, -0.25) is 4.79 Å². The van der Waals surface area contributed by atoms with E-state index in [1.54, 1.807) is 19.2 Å². The summed E-state index contributed by atoms with van der Waals surface area (Å²) in [6, 6.07) is 18.2. The number of carboxylic acid groups (broad SMARTS) is 1. The number of aromatic hydroxyl groups is 1. The van der Waals surface area contributed by atoms with Crippen LogP contribution in [0.1, 0.15) is 79.9 Å². The Labute approximate surface area is 366 Å². The van der Waals surface area contributed by atoms with Gasteiger partial charge in [0.15, 0.2) is 8.32 Å². The van der Waals surface area contributed by atoms with E-state index >= 15 is 0 Å². The van der Waals surface area contributed by atoms with Crippen molar-refractivity contribution in [3.63, 3.8) is 0 Å². The van der Waals surface area contributed by atoms with Crippen molar-refractivity contribution < 1.29 is 33.6 Å². The average Bonchev–Trinajstić information content (AvgIpc) is 3.96. The summed E-state index contributed by atoms with van der Waals surface area (Å²) in [5.74, 6) is 0.210. The first-order valence-corrected chi connectivity index (χ1v) is 25.5. The highest BCUT2D eigenvalue weighted by atomic mass is 35.5. The van der Waals surface area contributed by atoms with Crippen LogP contribution in [0.25, 0.3) is 10.9 Å². The van der Waals surface area contributed by atoms with Gasteiger partial charge < -0.3 is 44.1 Å². The third kappa shape index (κ3) is 10.3. The SMILES string of the molecule is COc1cc(CNC[C@H](O[Si](C)(C)C(C)(C)C)c2ccc(O)c3[nH]c(=O)ccc23)c(Cl)c(OCCCN(C)C2CCC(OC(C(=O)O)(c3cccs3)c3cccs3)CC2)c1. The van der Waals surface area contributed by atoms with Crippen LogP contribution in [0, 0.1) is 0 Å². The predicted octanol–water partition coefficient (Wildman–Crippen LogP) is 9.93. The maximum absolute atomic E-state index is 12.9. The van der Waals surface area contributed by atoms with Crippen LogP contribution in [0.15, 0.2) is 76.2 Å². The van der Waals surface area contributed by atoms with E-state index in [0.717, 1.165) is 55.2 Å². The molecule has 324 valence electrons. The Kier molecular flexibility index (Phi) is 14.9. The van der Waals surface area contributed by atoms with Crippen molar-refractivity contribution in [3.05, 3.63) is 108 Å². The Bertz CT molecular complexity index is 2220. The van der Waals surface area contributed by atoms with Gasteiger partial charge in [-0.25, -0.2) is 4.79 Å². The number of nitrogens with zero attached hydrogens (tertiary/aromatic N) is 1. The lowest BCUT2D eigenvalue weighted by Gasteiger charge is -2.39. The van der Waals surface area contributed by atoms with Gasteiger partial charge in [-0.15, -0.1) is 22.7 Å². The van der Waals surface area contributed by atoms with Crippen LogP contribution in [0.5, 0.6) is 17.2 Å². The zero-order chi connectivity index (χ0) is 43.2. The third-order valence-corrected chi connectivity index (χ3v) is 18.9. The minimum absolute atomic E-state index is 0.00592. The van der Waals surface area contributed by atoms with E-state index in [1.165, 1.54) is 28.7 Å². The lowest BCUT2D eigenvalue weighted by molar-refractivity contribution is -0.170. The molecule has 1 saturated carbocycles. The van der Waals surface area contributed by atoms with E-state index in [2.05, 4.69) is 56.1 Å². The molecule has 0 aliphatic heterocycles. The van der Waals surface area contributed by atoms with Crippen LogP contribution in [0.2, 0.25) is 23.2 Å². The molecule has 1 fully saturated rings. The van der Waals surface area contributed by atoms with Gasteiger partial charge >= 0.3 is 5.97 Å². The van der Waals surface area contributed by atoms with Gasteiger partial charge in [0.05, 0.1) is 46.2 Å². The van der Waals surface area contributed by atoms with Crippen LogP contribution in [-0.2, 0) is 26.1 Å². The zero-order valence-corrected chi connectivity index (χ0v) is 38.9. The van der Waals surface area contributed by atoms with E-state index < -0.39 is 19.9 Å². The molecule has 60 heavy (non-hydrogen) atoms. The van der Waals surface area contributed by atoms with Gasteiger partial charge in [0.2, 0.25) is 11.2 Å². The molecule has 1 aliphatic rings. The fourth-order valence-corrected chi connectivity index (χ4v) is 10.9. The molecule has 5 aromatic rings. The summed E-state index contributed by atoms with van der Waals surface area (Å²) in [5, 5.41) is 29.7. The Morgan fingerprint density at radius 1 is 1.03 bits per heavy atom. The maximum atomic E-state index is 12.9.